The molecule has 2 N–H and O–H groups in total. The van der Waals surface area contributed by atoms with Gasteiger partial charge >= 0.3 is 5.97 Å². The quantitative estimate of drug-likeness (QED) is 0.767. The van der Waals surface area contributed by atoms with E-state index in [2.05, 4.69) is 15.0 Å². The van der Waals surface area contributed by atoms with E-state index in [1.54, 1.807) is 6.07 Å². The number of esters is 1. The first-order valence-corrected chi connectivity index (χ1v) is 6.02. The van der Waals surface area contributed by atoms with Crippen LogP contribution in [0.1, 0.15) is 30.6 Å². The molecule has 0 saturated heterocycles. The van der Waals surface area contributed by atoms with Gasteiger partial charge in [0.15, 0.2) is 0 Å². The Labute approximate surface area is 111 Å². The molecule has 6 heteroatoms. The maximum Gasteiger partial charge on any atom is 0.328 e. The maximum absolute atomic E-state index is 11.9. The molecule has 0 saturated carbocycles. The van der Waals surface area contributed by atoms with Crippen molar-refractivity contribution in [3.05, 3.63) is 34.2 Å². The lowest BCUT2D eigenvalue weighted by Crippen LogP contribution is -2.43. The highest BCUT2D eigenvalue weighted by Gasteiger charge is 2.23. The second kappa shape index (κ2) is 6.72. The average Bonchev–Trinajstić information content (AvgIpc) is 2.36. The number of nitrogens with one attached hydrogen (secondary N) is 2. The fourth-order valence-electron chi connectivity index (χ4n) is 1.66. The summed E-state index contributed by atoms with van der Waals surface area (Å²) in [4.78, 5) is 37.4. The molecule has 0 spiro atoms. The summed E-state index contributed by atoms with van der Waals surface area (Å²) >= 11 is 0. The molecular weight excluding hydrogens is 248 g/mol. The minimum atomic E-state index is -0.753. The predicted molar refractivity (Wildman–Crippen MR) is 69.8 cm³/mol. The van der Waals surface area contributed by atoms with Gasteiger partial charge < -0.3 is 15.0 Å². The molecule has 0 aliphatic carbocycles. The third-order valence-corrected chi connectivity index (χ3v) is 2.56. The van der Waals surface area contributed by atoms with Crippen LogP contribution in [-0.4, -0.2) is 30.0 Å². The van der Waals surface area contributed by atoms with Crippen molar-refractivity contribution in [1.29, 1.82) is 0 Å². The molecule has 0 fully saturated rings. The molecule has 6 nitrogen and oxygen atoms in total. The third-order valence-electron chi connectivity index (χ3n) is 2.56. The summed E-state index contributed by atoms with van der Waals surface area (Å²) in [7, 11) is 1.26. The van der Waals surface area contributed by atoms with Gasteiger partial charge in [-0.1, -0.05) is 13.8 Å². The van der Waals surface area contributed by atoms with Crippen LogP contribution in [0.15, 0.2) is 23.1 Å². The zero-order valence-electron chi connectivity index (χ0n) is 11.2. The molecule has 0 bridgehead atoms. The van der Waals surface area contributed by atoms with Gasteiger partial charge in [0, 0.05) is 6.20 Å². The molecule has 0 aromatic carbocycles. The van der Waals surface area contributed by atoms with Crippen molar-refractivity contribution in [1.82, 2.24) is 10.3 Å². The monoisotopic (exact) mass is 266 g/mol. The number of hydrogen-bond acceptors (Lipinski definition) is 4. The van der Waals surface area contributed by atoms with Crippen LogP contribution in [0.25, 0.3) is 0 Å². The van der Waals surface area contributed by atoms with E-state index in [0.717, 1.165) is 0 Å². The van der Waals surface area contributed by atoms with Crippen molar-refractivity contribution in [2.75, 3.05) is 7.11 Å². The van der Waals surface area contributed by atoms with Crippen molar-refractivity contribution in [3.8, 4) is 0 Å². The van der Waals surface area contributed by atoms with Gasteiger partial charge in [-0.2, -0.15) is 0 Å². The molecule has 1 heterocycles. The Morgan fingerprint density at radius 3 is 2.63 bits per heavy atom. The summed E-state index contributed by atoms with van der Waals surface area (Å²) in [6, 6.07) is 2.20. The normalized spacial score (nSPS) is 12.0. The Bertz CT molecular complexity index is 507. The molecule has 1 aromatic rings. The van der Waals surface area contributed by atoms with Crippen LogP contribution >= 0.6 is 0 Å². The highest BCUT2D eigenvalue weighted by Crippen LogP contribution is 2.07. The van der Waals surface area contributed by atoms with E-state index >= 15 is 0 Å². The Morgan fingerprint density at radius 1 is 1.42 bits per heavy atom. The van der Waals surface area contributed by atoms with E-state index < -0.39 is 23.5 Å². The zero-order chi connectivity index (χ0) is 14.4. The van der Waals surface area contributed by atoms with Crippen molar-refractivity contribution >= 4 is 11.9 Å². The van der Waals surface area contributed by atoms with E-state index in [4.69, 9.17) is 0 Å². The molecule has 0 aliphatic heterocycles. The summed E-state index contributed by atoms with van der Waals surface area (Å²) in [5.74, 6) is -0.897. The van der Waals surface area contributed by atoms with Gasteiger partial charge in [-0.15, -0.1) is 0 Å². The van der Waals surface area contributed by atoms with Crippen LogP contribution < -0.4 is 10.9 Å². The van der Waals surface area contributed by atoms with E-state index in [1.165, 1.54) is 19.4 Å². The van der Waals surface area contributed by atoms with Crippen molar-refractivity contribution in [3.63, 3.8) is 0 Å². The van der Waals surface area contributed by atoms with Gasteiger partial charge in [0.2, 0.25) is 0 Å². The number of carbonyl (C=O) groups excluding carboxylic acids is 2. The first-order chi connectivity index (χ1) is 8.95. The van der Waals surface area contributed by atoms with Gasteiger partial charge in [0.1, 0.15) is 11.6 Å². The second-order valence-corrected chi connectivity index (χ2v) is 4.59. The first kappa shape index (κ1) is 14.9. The van der Waals surface area contributed by atoms with Gasteiger partial charge in [0.25, 0.3) is 11.5 Å². The zero-order valence-corrected chi connectivity index (χ0v) is 11.2. The SMILES string of the molecule is COC(=O)C(CC(C)C)NC(=O)c1ccc[nH]c1=O. The van der Waals surface area contributed by atoms with Gasteiger partial charge in [0.05, 0.1) is 7.11 Å². The number of rotatable bonds is 5. The van der Waals surface area contributed by atoms with Gasteiger partial charge in [-0.25, -0.2) is 4.79 Å². The van der Waals surface area contributed by atoms with Crippen molar-refractivity contribution in [2.24, 2.45) is 5.92 Å². The lowest BCUT2D eigenvalue weighted by atomic mass is 10.0. The average molecular weight is 266 g/mol. The molecule has 19 heavy (non-hydrogen) atoms. The molecule has 1 amide bonds. The van der Waals surface area contributed by atoms with Gasteiger partial charge in [-0.05, 0) is 24.5 Å². The summed E-state index contributed by atoms with van der Waals surface area (Å²) in [5.41, 5.74) is -0.520. The minimum Gasteiger partial charge on any atom is -0.467 e. The topological polar surface area (TPSA) is 88.3 Å². The molecule has 1 atom stereocenters. The van der Waals surface area contributed by atoms with Crippen LogP contribution in [0.2, 0.25) is 0 Å². The lowest BCUT2D eigenvalue weighted by Gasteiger charge is -2.18. The number of carbonyl (C=O) groups is 2. The molecule has 0 radical (unpaired) electrons. The summed E-state index contributed by atoms with van der Waals surface area (Å²) in [5, 5.41) is 2.52. The lowest BCUT2D eigenvalue weighted by molar-refractivity contribution is -0.143. The Morgan fingerprint density at radius 2 is 2.11 bits per heavy atom. The van der Waals surface area contributed by atoms with Crippen LogP contribution in [0.4, 0.5) is 0 Å². The fraction of sp³-hybridized carbons (Fsp3) is 0.462. The Balaban J connectivity index is 2.85. The second-order valence-electron chi connectivity index (χ2n) is 4.59. The number of pyridine rings is 1. The van der Waals surface area contributed by atoms with Crippen LogP contribution in [0, 0.1) is 5.92 Å². The summed E-state index contributed by atoms with van der Waals surface area (Å²) in [6.07, 6.45) is 1.88. The maximum atomic E-state index is 11.9. The van der Waals surface area contributed by atoms with E-state index in [-0.39, 0.29) is 11.5 Å². The number of methoxy groups -OCH3 is 1. The Kier molecular flexibility index (Phi) is 5.29. The van der Waals surface area contributed by atoms with Crippen LogP contribution in [0.3, 0.4) is 0 Å². The van der Waals surface area contributed by atoms with E-state index in [0.29, 0.717) is 6.42 Å². The van der Waals surface area contributed by atoms with Crippen LogP contribution in [0.5, 0.6) is 0 Å². The largest absolute Gasteiger partial charge is 0.467 e. The minimum absolute atomic E-state index is 0.0276. The third kappa shape index (κ3) is 4.24. The van der Waals surface area contributed by atoms with Crippen molar-refractivity contribution in [2.45, 2.75) is 26.3 Å². The molecule has 104 valence electrons. The fourth-order valence-corrected chi connectivity index (χ4v) is 1.66. The van der Waals surface area contributed by atoms with Crippen LogP contribution in [-0.2, 0) is 9.53 Å². The highest BCUT2D eigenvalue weighted by atomic mass is 16.5. The number of ether oxygens (including phenoxy) is 1. The number of amides is 1. The molecule has 1 unspecified atom stereocenters. The standard InChI is InChI=1S/C13H18N2O4/c1-8(2)7-10(13(18)19-3)15-12(17)9-5-4-6-14-11(9)16/h4-6,8,10H,7H2,1-3H3,(H,14,16)(H,15,17). The van der Waals surface area contributed by atoms with E-state index in [1.807, 2.05) is 13.8 Å². The molecule has 1 aromatic heterocycles. The predicted octanol–water partition coefficient (Wildman–Crippen LogP) is 0.692. The number of aromatic nitrogens is 1. The smallest absolute Gasteiger partial charge is 0.328 e. The molecular formula is C13H18N2O4. The highest BCUT2D eigenvalue weighted by molar-refractivity contribution is 5.96. The number of aromatic amines is 1. The molecule has 1 rings (SSSR count). The van der Waals surface area contributed by atoms with Gasteiger partial charge in [-0.3, -0.25) is 9.59 Å². The summed E-state index contributed by atoms with van der Waals surface area (Å²) < 4.78 is 4.64. The number of hydrogen-bond donors (Lipinski definition) is 2. The summed E-state index contributed by atoms with van der Waals surface area (Å²) in [6.45, 7) is 3.86. The van der Waals surface area contributed by atoms with Crippen molar-refractivity contribution < 1.29 is 14.3 Å². The van der Waals surface area contributed by atoms with E-state index in [9.17, 15) is 14.4 Å². The molecule has 0 aliphatic rings. The Hall–Kier alpha value is -2.11. The number of H-pyrrole nitrogens is 1. The first-order valence-electron chi connectivity index (χ1n) is 6.02.